The molecule has 1 atom stereocenters. The van der Waals surface area contributed by atoms with Gasteiger partial charge in [0.25, 0.3) is 5.91 Å². The van der Waals surface area contributed by atoms with Crippen LogP contribution in [0.4, 0.5) is 5.69 Å². The number of rotatable bonds is 6. The molecule has 2 aromatic rings. The first-order valence-corrected chi connectivity index (χ1v) is 11.7. The van der Waals surface area contributed by atoms with Crippen LogP contribution in [-0.4, -0.2) is 73.3 Å². The molecule has 7 nitrogen and oxygen atoms in total. The molecule has 9 heteroatoms. The zero-order valence-electron chi connectivity index (χ0n) is 17.1. The van der Waals surface area contributed by atoms with E-state index in [1.165, 1.54) is 11.3 Å². The van der Waals surface area contributed by atoms with Gasteiger partial charge in [0, 0.05) is 62.9 Å². The van der Waals surface area contributed by atoms with Crippen molar-refractivity contribution in [1.82, 2.24) is 15.1 Å². The van der Waals surface area contributed by atoms with E-state index in [0.29, 0.717) is 31.2 Å². The number of piperazine rings is 1. The second kappa shape index (κ2) is 9.80. The van der Waals surface area contributed by atoms with Gasteiger partial charge in [-0.1, -0.05) is 17.7 Å². The van der Waals surface area contributed by atoms with E-state index in [9.17, 15) is 14.4 Å². The molecule has 1 aromatic heterocycles. The van der Waals surface area contributed by atoms with Gasteiger partial charge in [0.1, 0.15) is 0 Å². The molecule has 2 fully saturated rings. The molecule has 4 rings (SSSR count). The Balaban J connectivity index is 1.18. The summed E-state index contributed by atoms with van der Waals surface area (Å²) in [5, 5.41) is 5.50. The first-order valence-electron chi connectivity index (χ1n) is 10.4. The highest BCUT2D eigenvalue weighted by atomic mass is 35.5. The summed E-state index contributed by atoms with van der Waals surface area (Å²) >= 11 is 7.38. The van der Waals surface area contributed by atoms with E-state index in [0.717, 1.165) is 30.2 Å². The van der Waals surface area contributed by atoms with Crippen molar-refractivity contribution in [2.75, 3.05) is 50.7 Å². The average Bonchev–Trinajstić information content (AvgIpc) is 3.44. The topological polar surface area (TPSA) is 73.0 Å². The van der Waals surface area contributed by atoms with Gasteiger partial charge in [0.2, 0.25) is 11.8 Å². The van der Waals surface area contributed by atoms with Crippen molar-refractivity contribution in [3.8, 4) is 0 Å². The van der Waals surface area contributed by atoms with E-state index in [1.54, 1.807) is 29.2 Å². The third-order valence-corrected chi connectivity index (χ3v) is 6.86. The van der Waals surface area contributed by atoms with Crippen LogP contribution in [0.1, 0.15) is 16.1 Å². The molecule has 2 aliphatic rings. The smallest absolute Gasteiger partial charge is 0.264 e. The Morgan fingerprint density at radius 2 is 1.84 bits per heavy atom. The Morgan fingerprint density at radius 3 is 2.52 bits per heavy atom. The molecule has 164 valence electrons. The van der Waals surface area contributed by atoms with Gasteiger partial charge in [-0.15, -0.1) is 11.3 Å². The fourth-order valence-corrected chi connectivity index (χ4v) is 4.78. The van der Waals surface area contributed by atoms with Crippen LogP contribution in [0.2, 0.25) is 5.02 Å². The van der Waals surface area contributed by atoms with Crippen LogP contribution >= 0.6 is 22.9 Å². The lowest BCUT2D eigenvalue weighted by Gasteiger charge is -2.34. The molecule has 0 aliphatic carbocycles. The van der Waals surface area contributed by atoms with Crippen LogP contribution in [-0.2, 0) is 9.59 Å². The quantitative estimate of drug-likeness (QED) is 0.718. The number of benzene rings is 1. The van der Waals surface area contributed by atoms with Crippen molar-refractivity contribution < 1.29 is 14.4 Å². The van der Waals surface area contributed by atoms with Gasteiger partial charge in [0.15, 0.2) is 0 Å². The van der Waals surface area contributed by atoms with Crippen molar-refractivity contribution in [1.29, 1.82) is 0 Å². The Morgan fingerprint density at radius 1 is 1.10 bits per heavy atom. The highest BCUT2D eigenvalue weighted by Crippen LogP contribution is 2.26. The number of hydrogen-bond acceptors (Lipinski definition) is 5. The van der Waals surface area contributed by atoms with Gasteiger partial charge in [-0.3, -0.25) is 19.3 Å². The molecule has 2 saturated heterocycles. The van der Waals surface area contributed by atoms with Crippen molar-refractivity contribution in [2.24, 2.45) is 5.92 Å². The minimum absolute atomic E-state index is 0.0472. The maximum atomic E-state index is 12.6. The summed E-state index contributed by atoms with van der Waals surface area (Å²) in [5.41, 5.74) is 0.764. The van der Waals surface area contributed by atoms with Gasteiger partial charge < -0.3 is 15.1 Å². The molecule has 3 heterocycles. The second-order valence-electron chi connectivity index (χ2n) is 7.78. The Hall–Kier alpha value is -2.42. The Kier molecular flexibility index (Phi) is 6.89. The van der Waals surface area contributed by atoms with E-state index >= 15 is 0 Å². The lowest BCUT2D eigenvalue weighted by molar-refractivity contribution is -0.126. The molecule has 1 N–H and O–H groups in total. The molecule has 1 unspecified atom stereocenters. The van der Waals surface area contributed by atoms with Crippen molar-refractivity contribution >= 4 is 46.3 Å². The SMILES string of the molecule is O=C(NCCN1CCN(C(=O)c2cccs2)CC1)C1CC(=O)N(c2ccc(Cl)cc2)C1. The highest BCUT2D eigenvalue weighted by Gasteiger charge is 2.35. The van der Waals surface area contributed by atoms with Crippen molar-refractivity contribution in [2.45, 2.75) is 6.42 Å². The Labute approximate surface area is 190 Å². The van der Waals surface area contributed by atoms with E-state index < -0.39 is 0 Å². The van der Waals surface area contributed by atoms with Crippen molar-refractivity contribution in [3.63, 3.8) is 0 Å². The number of thiophene rings is 1. The summed E-state index contributed by atoms with van der Waals surface area (Å²) in [4.78, 5) is 43.9. The van der Waals surface area contributed by atoms with Crippen LogP contribution in [0, 0.1) is 5.92 Å². The van der Waals surface area contributed by atoms with Crippen LogP contribution in [0.5, 0.6) is 0 Å². The molecule has 3 amide bonds. The van der Waals surface area contributed by atoms with E-state index in [1.807, 2.05) is 22.4 Å². The predicted molar refractivity (Wildman–Crippen MR) is 122 cm³/mol. The second-order valence-corrected chi connectivity index (χ2v) is 9.17. The fourth-order valence-electron chi connectivity index (χ4n) is 3.97. The number of carbonyl (C=O) groups excluding carboxylic acids is 3. The zero-order valence-corrected chi connectivity index (χ0v) is 18.7. The summed E-state index contributed by atoms with van der Waals surface area (Å²) in [6.07, 6.45) is 0.220. The number of amides is 3. The zero-order chi connectivity index (χ0) is 21.8. The van der Waals surface area contributed by atoms with E-state index in [-0.39, 0.29) is 30.1 Å². The number of carbonyl (C=O) groups is 3. The average molecular weight is 461 g/mol. The standard InChI is InChI=1S/C22H25ClN4O3S/c23-17-3-5-18(6-4-17)27-15-16(14-20(27)28)21(29)24-7-8-25-9-11-26(12-10-25)22(30)19-2-1-13-31-19/h1-6,13,16H,7-12,14-15H2,(H,24,29). The maximum Gasteiger partial charge on any atom is 0.264 e. The van der Waals surface area contributed by atoms with Crippen LogP contribution < -0.4 is 10.2 Å². The lowest BCUT2D eigenvalue weighted by Crippen LogP contribution is -2.50. The molecule has 0 bridgehead atoms. The molecule has 1 aromatic carbocycles. The lowest BCUT2D eigenvalue weighted by atomic mass is 10.1. The summed E-state index contributed by atoms with van der Waals surface area (Å²) < 4.78 is 0. The van der Waals surface area contributed by atoms with Gasteiger partial charge in [-0.05, 0) is 35.7 Å². The number of nitrogens with one attached hydrogen (secondary N) is 1. The number of anilines is 1. The third-order valence-electron chi connectivity index (χ3n) is 5.75. The largest absolute Gasteiger partial charge is 0.355 e. The molecular formula is C22H25ClN4O3S. The van der Waals surface area contributed by atoms with Crippen LogP contribution in [0.3, 0.4) is 0 Å². The van der Waals surface area contributed by atoms with Crippen LogP contribution in [0.25, 0.3) is 0 Å². The summed E-state index contributed by atoms with van der Waals surface area (Å²) in [5.74, 6) is -0.382. The molecule has 0 radical (unpaired) electrons. The normalized spacial score (nSPS) is 19.6. The monoisotopic (exact) mass is 460 g/mol. The van der Waals surface area contributed by atoms with E-state index in [4.69, 9.17) is 11.6 Å². The van der Waals surface area contributed by atoms with E-state index in [2.05, 4.69) is 10.2 Å². The molecular weight excluding hydrogens is 436 g/mol. The number of halogens is 1. The van der Waals surface area contributed by atoms with Gasteiger partial charge in [-0.2, -0.15) is 0 Å². The minimum atomic E-state index is -0.344. The minimum Gasteiger partial charge on any atom is -0.355 e. The fraction of sp³-hybridized carbons (Fsp3) is 0.409. The number of hydrogen-bond donors (Lipinski definition) is 1. The first kappa shape index (κ1) is 21.8. The maximum absolute atomic E-state index is 12.6. The van der Waals surface area contributed by atoms with Gasteiger partial charge in [0.05, 0.1) is 10.8 Å². The molecule has 0 spiro atoms. The van der Waals surface area contributed by atoms with Gasteiger partial charge in [-0.25, -0.2) is 0 Å². The predicted octanol–water partition coefficient (Wildman–Crippen LogP) is 2.33. The van der Waals surface area contributed by atoms with Crippen molar-refractivity contribution in [3.05, 3.63) is 51.7 Å². The van der Waals surface area contributed by atoms with Crippen LogP contribution in [0.15, 0.2) is 41.8 Å². The highest BCUT2D eigenvalue weighted by molar-refractivity contribution is 7.12. The molecule has 0 saturated carbocycles. The number of nitrogens with zero attached hydrogens (tertiary/aromatic N) is 3. The summed E-state index contributed by atoms with van der Waals surface area (Å²) in [6.45, 7) is 4.61. The summed E-state index contributed by atoms with van der Waals surface area (Å²) in [6, 6.07) is 10.8. The first-order chi connectivity index (χ1) is 15.0. The Bertz CT molecular complexity index is 927. The summed E-state index contributed by atoms with van der Waals surface area (Å²) in [7, 11) is 0. The molecule has 2 aliphatic heterocycles. The third kappa shape index (κ3) is 5.26. The van der Waals surface area contributed by atoms with Gasteiger partial charge >= 0.3 is 0 Å². The molecule has 31 heavy (non-hydrogen) atoms.